The van der Waals surface area contributed by atoms with E-state index in [4.69, 9.17) is 20.6 Å². The number of nitrogens with one attached hydrogen (secondary N) is 3. The normalized spacial score (nSPS) is 22.8. The molecule has 144 valence electrons. The summed E-state index contributed by atoms with van der Waals surface area (Å²) in [6, 6.07) is 0.396. The molecule has 2 aliphatic rings. The predicted molar refractivity (Wildman–Crippen MR) is 107 cm³/mol. The summed E-state index contributed by atoms with van der Waals surface area (Å²) in [7, 11) is 1.56. The molecule has 26 heavy (non-hydrogen) atoms. The number of methoxy groups -OCH3 is 1. The van der Waals surface area contributed by atoms with Crippen LogP contribution >= 0.6 is 15.9 Å². The van der Waals surface area contributed by atoms with Crippen LogP contribution in [0.2, 0.25) is 0 Å². The number of halogens is 1. The van der Waals surface area contributed by atoms with E-state index in [1.807, 2.05) is 6.08 Å². The molecule has 1 atom stereocenters. The van der Waals surface area contributed by atoms with Gasteiger partial charge in [-0.25, -0.2) is 0 Å². The van der Waals surface area contributed by atoms with E-state index in [2.05, 4.69) is 45.3 Å². The van der Waals surface area contributed by atoms with Crippen LogP contribution in [0, 0.1) is 11.3 Å². The summed E-state index contributed by atoms with van der Waals surface area (Å²) in [5.41, 5.74) is 7.34. The van der Waals surface area contributed by atoms with Gasteiger partial charge in [0.05, 0.1) is 5.70 Å². The van der Waals surface area contributed by atoms with E-state index in [0.717, 1.165) is 24.1 Å². The van der Waals surface area contributed by atoms with Crippen molar-refractivity contribution in [3.63, 3.8) is 0 Å². The Balaban J connectivity index is 2.06. The lowest BCUT2D eigenvalue weighted by Gasteiger charge is -2.36. The summed E-state index contributed by atoms with van der Waals surface area (Å²) >= 11 is 3.40. The number of ether oxygens (including phenoxy) is 2. The molecular formula is C18H28BrN5O2. The molecule has 0 amide bonds. The number of hydrogen-bond acceptors (Lipinski definition) is 6. The molecule has 1 unspecified atom stereocenters. The Morgan fingerprint density at radius 2 is 2.27 bits per heavy atom. The summed E-state index contributed by atoms with van der Waals surface area (Å²) in [6.45, 7) is 7.04. The number of nitrogens with two attached hydrogens (primary N) is 1. The van der Waals surface area contributed by atoms with E-state index >= 15 is 0 Å². The molecule has 2 heterocycles. The van der Waals surface area contributed by atoms with Gasteiger partial charge < -0.3 is 30.7 Å². The van der Waals surface area contributed by atoms with E-state index in [9.17, 15) is 0 Å². The van der Waals surface area contributed by atoms with Gasteiger partial charge in [0, 0.05) is 43.5 Å². The number of rotatable bonds is 6. The Labute approximate surface area is 163 Å². The Bertz CT molecular complexity index is 639. The standard InChI is InChI=1S/C18H28BrN5O2/c1-12(2)15-10-24(7-6-22-15)17(21)5-4-14(20)18-16(26-11-25-3)8-13(19)9-23-18/h4-5,8-9,12,15,21-23H,6-7,10-11,20H2,1-3H3/b5-4-,18-14-,21-17?. The van der Waals surface area contributed by atoms with Gasteiger partial charge in [0.25, 0.3) is 0 Å². The van der Waals surface area contributed by atoms with Crippen molar-refractivity contribution in [1.29, 1.82) is 5.41 Å². The van der Waals surface area contributed by atoms with Gasteiger partial charge in [-0.1, -0.05) is 13.8 Å². The van der Waals surface area contributed by atoms with Crippen LogP contribution in [0.3, 0.4) is 0 Å². The van der Waals surface area contributed by atoms with Crippen molar-refractivity contribution in [3.05, 3.63) is 46.1 Å². The van der Waals surface area contributed by atoms with Crippen molar-refractivity contribution in [1.82, 2.24) is 15.5 Å². The first-order valence-electron chi connectivity index (χ1n) is 8.63. The molecule has 0 saturated carbocycles. The Morgan fingerprint density at radius 1 is 1.50 bits per heavy atom. The Hall–Kier alpha value is -1.77. The van der Waals surface area contributed by atoms with Gasteiger partial charge in [0.2, 0.25) is 0 Å². The van der Waals surface area contributed by atoms with Crippen LogP contribution in [0.4, 0.5) is 0 Å². The maximum absolute atomic E-state index is 8.34. The number of hydrogen-bond donors (Lipinski definition) is 4. The summed E-state index contributed by atoms with van der Waals surface area (Å²) in [4.78, 5) is 2.07. The number of dihydropyridines is 1. The zero-order valence-corrected chi connectivity index (χ0v) is 17.1. The molecule has 7 nitrogen and oxygen atoms in total. The number of allylic oxidation sites excluding steroid dienone is 3. The first-order valence-corrected chi connectivity index (χ1v) is 9.42. The fourth-order valence-electron chi connectivity index (χ4n) is 2.71. The van der Waals surface area contributed by atoms with Crippen LogP contribution in [0.5, 0.6) is 0 Å². The first-order chi connectivity index (χ1) is 12.4. The van der Waals surface area contributed by atoms with Gasteiger partial charge in [0.1, 0.15) is 17.3 Å². The van der Waals surface area contributed by atoms with E-state index in [-0.39, 0.29) is 6.79 Å². The average molecular weight is 426 g/mol. The Morgan fingerprint density at radius 3 is 2.96 bits per heavy atom. The zero-order chi connectivity index (χ0) is 19.1. The topological polar surface area (TPSA) is 95.6 Å². The van der Waals surface area contributed by atoms with Gasteiger partial charge in [-0.15, -0.1) is 0 Å². The highest BCUT2D eigenvalue weighted by Crippen LogP contribution is 2.22. The monoisotopic (exact) mass is 425 g/mol. The second-order valence-electron chi connectivity index (χ2n) is 6.53. The van der Waals surface area contributed by atoms with Crippen molar-refractivity contribution in [2.24, 2.45) is 11.7 Å². The van der Waals surface area contributed by atoms with E-state index in [0.29, 0.717) is 34.9 Å². The minimum Gasteiger partial charge on any atom is -0.465 e. The summed E-state index contributed by atoms with van der Waals surface area (Å²) in [5.74, 6) is 1.57. The molecule has 2 rings (SSSR count). The molecule has 0 bridgehead atoms. The molecule has 0 aromatic heterocycles. The van der Waals surface area contributed by atoms with Crippen LogP contribution in [0.1, 0.15) is 13.8 Å². The summed E-state index contributed by atoms with van der Waals surface area (Å²) < 4.78 is 11.4. The molecule has 0 aromatic rings. The molecule has 1 saturated heterocycles. The average Bonchev–Trinajstić information content (AvgIpc) is 2.64. The molecule has 0 aromatic carbocycles. The van der Waals surface area contributed by atoms with Crippen molar-refractivity contribution in [2.45, 2.75) is 19.9 Å². The minimum atomic E-state index is 0.126. The predicted octanol–water partition coefficient (Wildman–Crippen LogP) is 1.96. The van der Waals surface area contributed by atoms with Crippen LogP contribution in [0.25, 0.3) is 0 Å². The SMILES string of the molecule is COCOC1=CC(Br)=CN/C1=C(N)/C=C\C(=N)N1CCNC(C(C)C)C1. The molecule has 0 aliphatic carbocycles. The van der Waals surface area contributed by atoms with Crippen molar-refractivity contribution < 1.29 is 9.47 Å². The zero-order valence-electron chi connectivity index (χ0n) is 15.5. The molecule has 0 radical (unpaired) electrons. The fraction of sp³-hybridized carbons (Fsp3) is 0.500. The first kappa shape index (κ1) is 20.5. The maximum Gasteiger partial charge on any atom is 0.188 e. The smallest absolute Gasteiger partial charge is 0.188 e. The fourth-order valence-corrected chi connectivity index (χ4v) is 3.04. The van der Waals surface area contributed by atoms with Crippen LogP contribution in [-0.4, -0.2) is 50.3 Å². The summed E-state index contributed by atoms with van der Waals surface area (Å²) in [5, 5.41) is 14.9. The van der Waals surface area contributed by atoms with Crippen molar-refractivity contribution >= 4 is 21.8 Å². The van der Waals surface area contributed by atoms with Gasteiger partial charge in [0.15, 0.2) is 6.79 Å². The van der Waals surface area contributed by atoms with Crippen LogP contribution in [0.15, 0.2) is 46.1 Å². The largest absolute Gasteiger partial charge is 0.465 e. The van der Waals surface area contributed by atoms with Crippen molar-refractivity contribution in [2.75, 3.05) is 33.5 Å². The minimum absolute atomic E-state index is 0.126. The number of piperazine rings is 1. The number of amidine groups is 1. The second kappa shape index (κ2) is 9.80. The lowest BCUT2D eigenvalue weighted by Crippen LogP contribution is -2.54. The van der Waals surface area contributed by atoms with Gasteiger partial charge in [-0.05, 0) is 40.1 Å². The highest BCUT2D eigenvalue weighted by molar-refractivity contribution is 9.11. The number of nitrogens with zero attached hydrogens (tertiary/aromatic N) is 1. The molecule has 8 heteroatoms. The third-order valence-corrected chi connectivity index (χ3v) is 4.72. The van der Waals surface area contributed by atoms with Gasteiger partial charge in [-0.3, -0.25) is 5.41 Å². The molecule has 0 spiro atoms. The highest BCUT2D eigenvalue weighted by Gasteiger charge is 2.22. The van der Waals surface area contributed by atoms with E-state index in [1.54, 1.807) is 25.5 Å². The third-order valence-electron chi connectivity index (χ3n) is 4.26. The highest BCUT2D eigenvalue weighted by atomic mass is 79.9. The molecule has 5 N–H and O–H groups in total. The Kier molecular flexibility index (Phi) is 7.74. The second-order valence-corrected chi connectivity index (χ2v) is 7.45. The quantitative estimate of drug-likeness (QED) is 0.295. The summed E-state index contributed by atoms with van der Waals surface area (Å²) in [6.07, 6.45) is 7.06. The van der Waals surface area contributed by atoms with Gasteiger partial charge >= 0.3 is 0 Å². The van der Waals surface area contributed by atoms with Crippen molar-refractivity contribution in [3.8, 4) is 0 Å². The van der Waals surface area contributed by atoms with Crippen LogP contribution in [-0.2, 0) is 9.47 Å². The molecule has 1 fully saturated rings. The molecular weight excluding hydrogens is 398 g/mol. The van der Waals surface area contributed by atoms with Gasteiger partial charge in [-0.2, -0.15) is 0 Å². The lowest BCUT2D eigenvalue weighted by molar-refractivity contribution is 0.00764. The third kappa shape index (κ3) is 5.62. The molecule has 2 aliphatic heterocycles. The lowest BCUT2D eigenvalue weighted by atomic mass is 10.0. The van der Waals surface area contributed by atoms with Crippen LogP contribution < -0.4 is 16.4 Å². The maximum atomic E-state index is 8.34. The van der Waals surface area contributed by atoms with E-state index < -0.39 is 0 Å². The van der Waals surface area contributed by atoms with E-state index in [1.165, 1.54) is 0 Å².